The van der Waals surface area contributed by atoms with Crippen LogP contribution in [0.25, 0.3) is 0 Å². The van der Waals surface area contributed by atoms with Crippen LogP contribution < -0.4 is 5.73 Å². The fourth-order valence-corrected chi connectivity index (χ4v) is 1.48. The zero-order valence-electron chi connectivity index (χ0n) is 5.88. The quantitative estimate of drug-likeness (QED) is 0.610. The lowest BCUT2D eigenvalue weighted by atomic mass is 10.5. The Morgan fingerprint density at radius 2 is 2.60 bits per heavy atom. The zero-order valence-corrected chi connectivity index (χ0v) is 6.69. The maximum absolute atomic E-state index is 5.32. The first kappa shape index (κ1) is 7.88. The van der Waals surface area contributed by atoms with E-state index in [4.69, 9.17) is 10.5 Å². The average Bonchev–Trinajstić information content (AvgIpc) is 2.41. The molecule has 4 heteroatoms. The van der Waals surface area contributed by atoms with Gasteiger partial charge in [-0.2, -0.15) is 0 Å². The van der Waals surface area contributed by atoms with Crippen molar-refractivity contribution < 1.29 is 4.74 Å². The molecule has 58 valence electrons. The number of thioether (sulfide) groups is 1. The van der Waals surface area contributed by atoms with Crippen molar-refractivity contribution in [2.45, 2.75) is 6.42 Å². The second kappa shape index (κ2) is 4.57. The SMILES string of the molecule is NCCCSC1=NCCO1. The molecule has 1 aliphatic heterocycles. The summed E-state index contributed by atoms with van der Waals surface area (Å²) < 4.78 is 5.17. The lowest BCUT2D eigenvalue weighted by Gasteiger charge is -1.98. The van der Waals surface area contributed by atoms with Gasteiger partial charge in [-0.1, -0.05) is 11.8 Å². The molecule has 0 amide bonds. The van der Waals surface area contributed by atoms with Gasteiger partial charge in [0, 0.05) is 5.75 Å². The molecule has 3 nitrogen and oxygen atoms in total. The van der Waals surface area contributed by atoms with Gasteiger partial charge in [0.05, 0.1) is 6.54 Å². The highest BCUT2D eigenvalue weighted by molar-refractivity contribution is 8.13. The molecule has 0 aliphatic carbocycles. The van der Waals surface area contributed by atoms with Crippen molar-refractivity contribution in [2.75, 3.05) is 25.4 Å². The molecule has 0 saturated heterocycles. The van der Waals surface area contributed by atoms with Crippen LogP contribution in [0.1, 0.15) is 6.42 Å². The number of rotatable bonds is 3. The molecule has 1 heterocycles. The summed E-state index contributed by atoms with van der Waals surface area (Å²) >= 11 is 1.66. The Morgan fingerprint density at radius 1 is 1.70 bits per heavy atom. The van der Waals surface area contributed by atoms with E-state index in [1.54, 1.807) is 11.8 Å². The zero-order chi connectivity index (χ0) is 7.23. The van der Waals surface area contributed by atoms with Crippen LogP contribution >= 0.6 is 11.8 Å². The Balaban J connectivity index is 2.01. The van der Waals surface area contributed by atoms with Crippen molar-refractivity contribution in [3.63, 3.8) is 0 Å². The standard InChI is InChI=1S/C6H12N2OS/c7-2-1-5-10-6-8-3-4-9-6/h1-5,7H2. The van der Waals surface area contributed by atoms with Gasteiger partial charge in [0.1, 0.15) is 6.61 Å². The van der Waals surface area contributed by atoms with Crippen LogP contribution in [-0.2, 0) is 4.74 Å². The van der Waals surface area contributed by atoms with Gasteiger partial charge >= 0.3 is 0 Å². The van der Waals surface area contributed by atoms with Crippen molar-refractivity contribution in [2.24, 2.45) is 10.7 Å². The van der Waals surface area contributed by atoms with Crippen LogP contribution in [-0.4, -0.2) is 30.7 Å². The lowest BCUT2D eigenvalue weighted by Crippen LogP contribution is -2.01. The summed E-state index contributed by atoms with van der Waals surface area (Å²) in [6, 6.07) is 0. The Labute approximate surface area is 65.0 Å². The summed E-state index contributed by atoms with van der Waals surface area (Å²) in [7, 11) is 0. The van der Waals surface area contributed by atoms with Crippen LogP contribution in [0.4, 0.5) is 0 Å². The highest BCUT2D eigenvalue weighted by Crippen LogP contribution is 2.10. The fraction of sp³-hybridized carbons (Fsp3) is 0.833. The molecule has 1 rings (SSSR count). The molecule has 2 N–H and O–H groups in total. The Kier molecular flexibility index (Phi) is 3.60. The summed E-state index contributed by atoms with van der Waals surface area (Å²) in [6.45, 7) is 2.33. The van der Waals surface area contributed by atoms with Crippen molar-refractivity contribution >= 4 is 17.0 Å². The molecule has 0 spiro atoms. The van der Waals surface area contributed by atoms with Gasteiger partial charge in [0.2, 0.25) is 5.23 Å². The number of ether oxygens (including phenoxy) is 1. The van der Waals surface area contributed by atoms with E-state index in [1.165, 1.54) is 0 Å². The van der Waals surface area contributed by atoms with E-state index in [1.807, 2.05) is 0 Å². The van der Waals surface area contributed by atoms with Crippen LogP contribution in [0.3, 0.4) is 0 Å². The first-order chi connectivity index (χ1) is 4.93. The van der Waals surface area contributed by atoms with E-state index < -0.39 is 0 Å². The van der Waals surface area contributed by atoms with Gasteiger partial charge in [-0.05, 0) is 13.0 Å². The van der Waals surface area contributed by atoms with E-state index in [0.29, 0.717) is 0 Å². The smallest absolute Gasteiger partial charge is 0.245 e. The van der Waals surface area contributed by atoms with Crippen LogP contribution in [0.15, 0.2) is 4.99 Å². The predicted molar refractivity (Wildman–Crippen MR) is 44.4 cm³/mol. The van der Waals surface area contributed by atoms with Crippen molar-refractivity contribution in [3.8, 4) is 0 Å². The van der Waals surface area contributed by atoms with Crippen molar-refractivity contribution in [1.29, 1.82) is 0 Å². The Hall–Kier alpha value is -0.220. The minimum atomic E-state index is 0.750. The number of nitrogens with two attached hydrogens (primary N) is 1. The first-order valence-corrected chi connectivity index (χ1v) is 4.42. The Bertz CT molecular complexity index is 127. The molecule has 10 heavy (non-hydrogen) atoms. The summed E-state index contributed by atoms with van der Waals surface area (Å²) in [5, 5.41) is 0.841. The third kappa shape index (κ3) is 2.58. The van der Waals surface area contributed by atoms with Gasteiger partial charge in [0.15, 0.2) is 0 Å². The minimum Gasteiger partial charge on any atom is -0.471 e. The van der Waals surface area contributed by atoms with Crippen molar-refractivity contribution in [3.05, 3.63) is 0 Å². The molecule has 0 atom stereocenters. The van der Waals surface area contributed by atoms with Gasteiger partial charge in [-0.3, -0.25) is 0 Å². The predicted octanol–water partition coefficient (Wildman–Crippen LogP) is 0.455. The number of nitrogens with zero attached hydrogens (tertiary/aromatic N) is 1. The highest BCUT2D eigenvalue weighted by atomic mass is 32.2. The number of hydrogen-bond donors (Lipinski definition) is 1. The van der Waals surface area contributed by atoms with Crippen LogP contribution in [0.2, 0.25) is 0 Å². The first-order valence-electron chi connectivity index (χ1n) is 3.43. The summed E-state index contributed by atoms with van der Waals surface area (Å²) in [5.41, 5.74) is 5.32. The maximum atomic E-state index is 5.32. The van der Waals surface area contributed by atoms with Crippen LogP contribution in [0.5, 0.6) is 0 Å². The third-order valence-corrected chi connectivity index (χ3v) is 2.12. The summed E-state index contributed by atoms with van der Waals surface area (Å²) in [6.07, 6.45) is 1.03. The summed E-state index contributed by atoms with van der Waals surface area (Å²) in [5.74, 6) is 1.02. The minimum absolute atomic E-state index is 0.750. The van der Waals surface area contributed by atoms with E-state index in [9.17, 15) is 0 Å². The number of aliphatic imine (C=N–C) groups is 1. The van der Waals surface area contributed by atoms with E-state index in [-0.39, 0.29) is 0 Å². The third-order valence-electron chi connectivity index (χ3n) is 1.13. The second-order valence-corrected chi connectivity index (χ2v) is 3.03. The molecule has 0 saturated carbocycles. The van der Waals surface area contributed by atoms with E-state index in [0.717, 1.165) is 37.1 Å². The monoisotopic (exact) mass is 160 g/mol. The maximum Gasteiger partial charge on any atom is 0.245 e. The number of hydrogen-bond acceptors (Lipinski definition) is 4. The largest absolute Gasteiger partial charge is 0.471 e. The highest BCUT2D eigenvalue weighted by Gasteiger charge is 2.05. The van der Waals surface area contributed by atoms with Gasteiger partial charge in [-0.15, -0.1) is 0 Å². The van der Waals surface area contributed by atoms with Crippen LogP contribution in [0, 0.1) is 0 Å². The molecular weight excluding hydrogens is 148 g/mol. The summed E-state index contributed by atoms with van der Waals surface area (Å²) in [4.78, 5) is 4.12. The average molecular weight is 160 g/mol. The lowest BCUT2D eigenvalue weighted by molar-refractivity contribution is 0.356. The molecule has 1 aliphatic rings. The van der Waals surface area contributed by atoms with E-state index >= 15 is 0 Å². The molecule has 0 aromatic carbocycles. The molecule has 0 fully saturated rings. The van der Waals surface area contributed by atoms with E-state index in [2.05, 4.69) is 4.99 Å². The second-order valence-electron chi connectivity index (χ2n) is 1.99. The molecule has 0 bridgehead atoms. The van der Waals surface area contributed by atoms with Gasteiger partial charge in [0.25, 0.3) is 0 Å². The normalized spacial score (nSPS) is 16.7. The molecule has 0 radical (unpaired) electrons. The molecule has 0 aromatic heterocycles. The fourth-order valence-electron chi connectivity index (χ4n) is 0.646. The van der Waals surface area contributed by atoms with Gasteiger partial charge < -0.3 is 10.5 Å². The Morgan fingerprint density at radius 3 is 3.20 bits per heavy atom. The topological polar surface area (TPSA) is 47.6 Å². The molecule has 0 aromatic rings. The van der Waals surface area contributed by atoms with Crippen molar-refractivity contribution in [1.82, 2.24) is 0 Å². The molecular formula is C6H12N2OS. The van der Waals surface area contributed by atoms with Gasteiger partial charge in [-0.25, -0.2) is 4.99 Å². The molecule has 0 unspecified atom stereocenters.